The minimum Gasteiger partial charge on any atom is -0.480 e. The van der Waals surface area contributed by atoms with Gasteiger partial charge in [-0.3, -0.25) is 14.4 Å². The quantitative estimate of drug-likeness (QED) is 0.0838. The third-order valence-corrected chi connectivity index (χ3v) is 8.96. The summed E-state index contributed by atoms with van der Waals surface area (Å²) in [6, 6.07) is 17.6. The van der Waals surface area contributed by atoms with Gasteiger partial charge in [-0.25, -0.2) is 4.79 Å². The second-order valence-electron chi connectivity index (χ2n) is 12.5. The zero-order valence-corrected chi connectivity index (χ0v) is 27.3. The number of amides is 3. The Morgan fingerprint density at radius 3 is 1.42 bits per heavy atom. The molecule has 50 heavy (non-hydrogen) atoms. The number of aliphatic carboxylic acids is 1. The number of para-hydroxylation sites is 3. The van der Waals surface area contributed by atoms with E-state index >= 15 is 0 Å². The van der Waals surface area contributed by atoms with Gasteiger partial charge in [0.2, 0.25) is 17.7 Å². The van der Waals surface area contributed by atoms with Crippen molar-refractivity contribution in [3.8, 4) is 0 Å². The molecule has 0 aliphatic carbocycles. The Kier molecular flexibility index (Phi) is 9.97. The standard InChI is InChI=1S/C37H39N7O6/c1-20(45)33(37(49)50)44-36(48)32(16-23-19-41-30-13-7-4-10-26(23)30)43-35(47)31(15-22-18-40-29-12-6-3-9-25(22)29)42-34(46)27(38)14-21-17-39-28-11-5-2-8-24(21)28/h2-13,17-20,27,31-33,39-41,45H,14-16,38H2,1H3,(H,42,46)(H,43,47)(H,44,48)(H,49,50). The Morgan fingerprint density at radius 2 is 1.00 bits per heavy atom. The molecule has 6 aromatic rings. The van der Waals surface area contributed by atoms with Crippen LogP contribution in [0, 0.1) is 0 Å². The van der Waals surface area contributed by atoms with Crippen molar-refractivity contribution >= 4 is 56.4 Å². The van der Waals surface area contributed by atoms with Gasteiger partial charge in [-0.15, -0.1) is 0 Å². The molecule has 3 aromatic heterocycles. The molecule has 3 amide bonds. The molecule has 13 heteroatoms. The van der Waals surface area contributed by atoms with Gasteiger partial charge in [0.25, 0.3) is 0 Å². The van der Waals surface area contributed by atoms with Crippen molar-refractivity contribution in [3.63, 3.8) is 0 Å². The monoisotopic (exact) mass is 677 g/mol. The molecule has 0 aliphatic heterocycles. The van der Waals surface area contributed by atoms with Crippen LogP contribution in [-0.2, 0) is 38.4 Å². The van der Waals surface area contributed by atoms with Crippen LogP contribution in [-0.4, -0.2) is 79.1 Å². The van der Waals surface area contributed by atoms with Crippen molar-refractivity contribution in [3.05, 3.63) is 108 Å². The van der Waals surface area contributed by atoms with Gasteiger partial charge < -0.3 is 46.8 Å². The Hall–Kier alpha value is -5.92. The number of aliphatic hydroxyl groups is 1. The minimum absolute atomic E-state index is 0.0123. The molecule has 5 unspecified atom stereocenters. The molecule has 5 atom stereocenters. The first-order valence-electron chi connectivity index (χ1n) is 16.3. The summed E-state index contributed by atoms with van der Waals surface area (Å²) < 4.78 is 0. The fourth-order valence-electron chi connectivity index (χ4n) is 6.28. The maximum Gasteiger partial charge on any atom is 0.328 e. The van der Waals surface area contributed by atoms with E-state index in [1.165, 1.54) is 6.92 Å². The van der Waals surface area contributed by atoms with Crippen LogP contribution in [0.3, 0.4) is 0 Å². The van der Waals surface area contributed by atoms with E-state index in [4.69, 9.17) is 5.73 Å². The largest absolute Gasteiger partial charge is 0.480 e. The average Bonchev–Trinajstić information content (AvgIpc) is 3.83. The second-order valence-corrected chi connectivity index (χ2v) is 12.5. The van der Waals surface area contributed by atoms with Gasteiger partial charge >= 0.3 is 5.97 Å². The molecule has 0 radical (unpaired) electrons. The number of aromatic nitrogens is 3. The number of aliphatic hydroxyl groups excluding tert-OH is 1. The molecule has 0 fully saturated rings. The molecule has 13 nitrogen and oxygen atoms in total. The molecule has 0 saturated heterocycles. The fraction of sp³-hybridized carbons (Fsp3) is 0.243. The van der Waals surface area contributed by atoms with Gasteiger partial charge in [0.15, 0.2) is 6.04 Å². The summed E-state index contributed by atoms with van der Waals surface area (Å²) in [4.78, 5) is 62.8. The molecule has 3 aromatic carbocycles. The van der Waals surface area contributed by atoms with Crippen LogP contribution in [0.1, 0.15) is 23.6 Å². The van der Waals surface area contributed by atoms with Crippen molar-refractivity contribution in [2.45, 2.75) is 56.5 Å². The number of hydrogen-bond donors (Lipinski definition) is 9. The number of benzene rings is 3. The highest BCUT2D eigenvalue weighted by Gasteiger charge is 2.33. The van der Waals surface area contributed by atoms with Crippen LogP contribution in [0.5, 0.6) is 0 Å². The van der Waals surface area contributed by atoms with E-state index in [-0.39, 0.29) is 19.3 Å². The van der Waals surface area contributed by atoms with Crippen LogP contribution in [0.4, 0.5) is 0 Å². The Bertz CT molecular complexity index is 2170. The number of fused-ring (bicyclic) bond motifs is 3. The number of nitrogens with two attached hydrogens (primary N) is 1. The number of carbonyl (C=O) groups is 4. The number of carboxylic acids is 1. The molecular formula is C37H39N7O6. The number of nitrogens with one attached hydrogen (secondary N) is 6. The Morgan fingerprint density at radius 1 is 0.620 bits per heavy atom. The molecule has 0 bridgehead atoms. The predicted octanol–water partition coefficient (Wildman–Crippen LogP) is 2.41. The molecule has 0 aliphatic rings. The Labute approximate surface area is 286 Å². The summed E-state index contributed by atoms with van der Waals surface area (Å²) in [5, 5.41) is 30.3. The summed E-state index contributed by atoms with van der Waals surface area (Å²) >= 11 is 0. The van der Waals surface area contributed by atoms with Crippen LogP contribution in [0.2, 0.25) is 0 Å². The number of aromatic amines is 3. The number of H-pyrrole nitrogens is 3. The molecule has 10 N–H and O–H groups in total. The SMILES string of the molecule is CC(O)C(NC(=O)C(Cc1c[nH]c2ccccc12)NC(=O)C(Cc1c[nH]c2ccccc12)NC(=O)C(N)Cc1c[nH]c2ccccc12)C(=O)O. The molecule has 0 spiro atoms. The lowest BCUT2D eigenvalue weighted by molar-refractivity contribution is -0.145. The van der Waals surface area contributed by atoms with Crippen molar-refractivity contribution in [2.24, 2.45) is 5.73 Å². The van der Waals surface area contributed by atoms with E-state index in [1.807, 2.05) is 72.8 Å². The first-order chi connectivity index (χ1) is 24.1. The summed E-state index contributed by atoms with van der Waals surface area (Å²) in [5.41, 5.74) is 11.3. The second kappa shape index (κ2) is 14.7. The summed E-state index contributed by atoms with van der Waals surface area (Å²) in [5.74, 6) is -3.48. The third kappa shape index (κ3) is 7.38. The zero-order chi connectivity index (χ0) is 35.4. The summed E-state index contributed by atoms with van der Waals surface area (Å²) in [6.07, 6.45) is 4.14. The lowest BCUT2D eigenvalue weighted by Gasteiger charge is -2.26. The summed E-state index contributed by atoms with van der Waals surface area (Å²) in [6.45, 7) is 1.25. The highest BCUT2D eigenvalue weighted by atomic mass is 16.4. The average molecular weight is 678 g/mol. The number of hydrogen-bond acceptors (Lipinski definition) is 6. The van der Waals surface area contributed by atoms with Gasteiger partial charge in [0, 0.05) is 64.1 Å². The van der Waals surface area contributed by atoms with Crippen LogP contribution >= 0.6 is 0 Å². The van der Waals surface area contributed by atoms with Crippen molar-refractivity contribution < 1.29 is 29.4 Å². The number of carboxylic acid groups (broad SMARTS) is 1. The number of rotatable bonds is 14. The number of carbonyl (C=O) groups excluding carboxylic acids is 3. The van der Waals surface area contributed by atoms with Gasteiger partial charge in [0.1, 0.15) is 12.1 Å². The Balaban J connectivity index is 1.28. The molecule has 3 heterocycles. The minimum atomic E-state index is -1.62. The van der Waals surface area contributed by atoms with Crippen LogP contribution < -0.4 is 21.7 Å². The summed E-state index contributed by atoms with van der Waals surface area (Å²) in [7, 11) is 0. The maximum atomic E-state index is 14.2. The normalized spacial score (nSPS) is 14.5. The molecule has 0 saturated carbocycles. The zero-order valence-electron chi connectivity index (χ0n) is 27.3. The van der Waals surface area contributed by atoms with Crippen molar-refractivity contribution in [2.75, 3.05) is 0 Å². The maximum absolute atomic E-state index is 14.2. The first kappa shape index (κ1) is 34.0. The van der Waals surface area contributed by atoms with Crippen molar-refractivity contribution in [1.29, 1.82) is 0 Å². The van der Waals surface area contributed by atoms with Crippen molar-refractivity contribution in [1.82, 2.24) is 30.9 Å². The fourth-order valence-corrected chi connectivity index (χ4v) is 6.28. The van der Waals surface area contributed by atoms with Gasteiger partial charge in [-0.1, -0.05) is 54.6 Å². The lowest BCUT2D eigenvalue weighted by atomic mass is 10.00. The lowest BCUT2D eigenvalue weighted by Crippen LogP contribution is -2.59. The van der Waals surface area contributed by atoms with E-state index < -0.39 is 54.0 Å². The third-order valence-electron chi connectivity index (χ3n) is 8.96. The van der Waals surface area contributed by atoms with Crippen LogP contribution in [0.15, 0.2) is 91.4 Å². The highest BCUT2D eigenvalue weighted by Crippen LogP contribution is 2.22. The van der Waals surface area contributed by atoms with E-state index in [2.05, 4.69) is 30.9 Å². The molecule has 6 rings (SSSR count). The van der Waals surface area contributed by atoms with Gasteiger partial charge in [-0.05, 0) is 48.2 Å². The molecular weight excluding hydrogens is 638 g/mol. The highest BCUT2D eigenvalue weighted by molar-refractivity contribution is 5.96. The smallest absolute Gasteiger partial charge is 0.328 e. The van der Waals surface area contributed by atoms with Gasteiger partial charge in [-0.2, -0.15) is 0 Å². The first-order valence-corrected chi connectivity index (χ1v) is 16.3. The van der Waals surface area contributed by atoms with E-state index in [1.54, 1.807) is 18.6 Å². The topological polar surface area (TPSA) is 218 Å². The predicted molar refractivity (Wildman–Crippen MR) is 189 cm³/mol. The van der Waals surface area contributed by atoms with E-state index in [0.717, 1.165) is 43.8 Å². The van der Waals surface area contributed by atoms with Crippen LogP contribution in [0.25, 0.3) is 32.7 Å². The van der Waals surface area contributed by atoms with E-state index in [0.29, 0.717) is 5.56 Å². The molecule has 258 valence electrons. The van der Waals surface area contributed by atoms with Gasteiger partial charge in [0.05, 0.1) is 12.1 Å². The van der Waals surface area contributed by atoms with E-state index in [9.17, 15) is 29.4 Å².